The standard InChI is InChI=1S/C18H21BrN2O4/c1-12-5-2-3-8-18(12)16(23)21(17(24)20-18)10-15(22)25-11-13-6-4-7-14(19)9-13/h4,6-7,9,12H,2-3,5,8,10-11H2,1H3,(H,20,24)/t12-,18-/m0/s1. The maximum atomic E-state index is 12.8. The maximum absolute atomic E-state index is 12.8. The third-order valence-electron chi connectivity index (χ3n) is 5.08. The first kappa shape index (κ1) is 17.9. The van der Waals surface area contributed by atoms with Gasteiger partial charge in [-0.1, -0.05) is 47.8 Å². The van der Waals surface area contributed by atoms with Crippen molar-refractivity contribution >= 4 is 33.8 Å². The highest BCUT2D eigenvalue weighted by molar-refractivity contribution is 9.10. The highest BCUT2D eigenvalue weighted by Crippen LogP contribution is 2.38. The fraction of sp³-hybridized carbons (Fsp3) is 0.500. The summed E-state index contributed by atoms with van der Waals surface area (Å²) in [6.07, 6.45) is 3.48. The number of nitrogens with one attached hydrogen (secondary N) is 1. The lowest BCUT2D eigenvalue weighted by atomic mass is 9.73. The van der Waals surface area contributed by atoms with Crippen LogP contribution >= 0.6 is 15.9 Å². The fourth-order valence-electron chi connectivity index (χ4n) is 3.60. The van der Waals surface area contributed by atoms with Gasteiger partial charge in [-0.15, -0.1) is 0 Å². The summed E-state index contributed by atoms with van der Waals surface area (Å²) >= 11 is 3.36. The normalized spacial score (nSPS) is 26.0. The van der Waals surface area contributed by atoms with Crippen molar-refractivity contribution in [2.45, 2.75) is 44.8 Å². The van der Waals surface area contributed by atoms with Crippen LogP contribution in [0.5, 0.6) is 0 Å². The average Bonchev–Trinajstić information content (AvgIpc) is 2.81. The summed E-state index contributed by atoms with van der Waals surface area (Å²) in [5.41, 5.74) is -0.0165. The van der Waals surface area contributed by atoms with Crippen LogP contribution in [0.2, 0.25) is 0 Å². The Morgan fingerprint density at radius 2 is 2.20 bits per heavy atom. The highest BCUT2D eigenvalue weighted by Gasteiger charge is 2.55. The topological polar surface area (TPSA) is 75.7 Å². The second kappa shape index (κ2) is 7.15. The minimum atomic E-state index is -0.847. The van der Waals surface area contributed by atoms with E-state index in [0.717, 1.165) is 34.2 Å². The van der Waals surface area contributed by atoms with Gasteiger partial charge in [0, 0.05) is 4.47 Å². The van der Waals surface area contributed by atoms with Crippen molar-refractivity contribution < 1.29 is 19.1 Å². The van der Waals surface area contributed by atoms with Crippen LogP contribution in [-0.2, 0) is 20.9 Å². The van der Waals surface area contributed by atoms with Crippen molar-refractivity contribution in [1.82, 2.24) is 10.2 Å². The molecule has 2 atom stereocenters. The lowest BCUT2D eigenvalue weighted by Crippen LogP contribution is -2.54. The van der Waals surface area contributed by atoms with Crippen molar-refractivity contribution in [3.05, 3.63) is 34.3 Å². The quantitative estimate of drug-likeness (QED) is 0.613. The molecule has 0 radical (unpaired) electrons. The zero-order valence-corrected chi connectivity index (χ0v) is 15.7. The van der Waals surface area contributed by atoms with Crippen molar-refractivity contribution in [3.8, 4) is 0 Å². The summed E-state index contributed by atoms with van der Waals surface area (Å²) in [4.78, 5) is 38.1. The number of hydrogen-bond donors (Lipinski definition) is 1. The molecule has 0 bridgehead atoms. The van der Waals surface area contributed by atoms with Crippen LogP contribution < -0.4 is 5.32 Å². The molecule has 1 heterocycles. The molecule has 1 spiro atoms. The number of rotatable bonds is 4. The van der Waals surface area contributed by atoms with E-state index in [0.29, 0.717) is 6.42 Å². The minimum Gasteiger partial charge on any atom is -0.459 e. The van der Waals surface area contributed by atoms with Crippen LogP contribution in [-0.4, -0.2) is 34.9 Å². The molecule has 1 aromatic rings. The Hall–Kier alpha value is -1.89. The summed E-state index contributed by atoms with van der Waals surface area (Å²) < 4.78 is 6.10. The number of halogens is 1. The van der Waals surface area contributed by atoms with Crippen molar-refractivity contribution in [2.75, 3.05) is 6.54 Å². The van der Waals surface area contributed by atoms with E-state index in [2.05, 4.69) is 21.2 Å². The number of ether oxygens (including phenoxy) is 1. The lowest BCUT2D eigenvalue weighted by molar-refractivity contribution is -0.149. The predicted molar refractivity (Wildman–Crippen MR) is 94.5 cm³/mol. The molecule has 3 rings (SSSR count). The van der Waals surface area contributed by atoms with Gasteiger partial charge in [0.1, 0.15) is 18.7 Å². The summed E-state index contributed by atoms with van der Waals surface area (Å²) in [5, 5.41) is 2.83. The lowest BCUT2D eigenvalue weighted by Gasteiger charge is -2.36. The molecule has 6 nitrogen and oxygen atoms in total. The third kappa shape index (κ3) is 3.56. The Morgan fingerprint density at radius 1 is 1.40 bits per heavy atom. The smallest absolute Gasteiger partial charge is 0.326 e. The largest absolute Gasteiger partial charge is 0.459 e. The van der Waals surface area contributed by atoms with Crippen LogP contribution in [0.1, 0.15) is 38.2 Å². The first-order valence-electron chi connectivity index (χ1n) is 8.46. The van der Waals surface area contributed by atoms with Gasteiger partial charge in [-0.3, -0.25) is 14.5 Å². The van der Waals surface area contributed by atoms with E-state index < -0.39 is 17.5 Å². The highest BCUT2D eigenvalue weighted by atomic mass is 79.9. The Morgan fingerprint density at radius 3 is 2.92 bits per heavy atom. The van der Waals surface area contributed by atoms with E-state index in [9.17, 15) is 14.4 Å². The second-order valence-corrected chi connectivity index (χ2v) is 7.65. The SMILES string of the molecule is C[C@H]1CCCC[C@]12NC(=O)N(CC(=O)OCc1cccc(Br)c1)C2=O. The number of esters is 1. The number of hydrogen-bond acceptors (Lipinski definition) is 4. The van der Waals surface area contributed by atoms with Gasteiger partial charge in [-0.05, 0) is 36.5 Å². The zero-order chi connectivity index (χ0) is 18.0. The molecule has 3 amide bonds. The summed E-state index contributed by atoms with van der Waals surface area (Å²) in [6, 6.07) is 6.91. The summed E-state index contributed by atoms with van der Waals surface area (Å²) in [7, 11) is 0. The molecule has 1 saturated carbocycles. The van der Waals surface area contributed by atoms with Crippen LogP contribution in [0.15, 0.2) is 28.7 Å². The van der Waals surface area contributed by atoms with Gasteiger partial charge in [0.2, 0.25) is 0 Å². The van der Waals surface area contributed by atoms with E-state index >= 15 is 0 Å². The zero-order valence-electron chi connectivity index (χ0n) is 14.1. The summed E-state index contributed by atoms with van der Waals surface area (Å²) in [5.74, 6) is -0.825. The Bertz CT molecular complexity index is 708. The van der Waals surface area contributed by atoms with E-state index in [1.807, 2.05) is 31.2 Å². The van der Waals surface area contributed by atoms with Crippen LogP contribution in [0.3, 0.4) is 0 Å². The Labute approximate surface area is 155 Å². The molecule has 134 valence electrons. The van der Waals surface area contributed by atoms with Crippen LogP contribution in [0.25, 0.3) is 0 Å². The molecule has 2 aliphatic rings. The van der Waals surface area contributed by atoms with Gasteiger partial charge in [0.15, 0.2) is 0 Å². The Balaban J connectivity index is 1.61. The second-order valence-electron chi connectivity index (χ2n) is 6.73. The van der Waals surface area contributed by atoms with Gasteiger partial charge in [0.25, 0.3) is 5.91 Å². The maximum Gasteiger partial charge on any atom is 0.326 e. The van der Waals surface area contributed by atoms with Gasteiger partial charge in [0.05, 0.1) is 0 Å². The number of nitrogens with zero attached hydrogens (tertiary/aromatic N) is 1. The molecule has 1 N–H and O–H groups in total. The monoisotopic (exact) mass is 408 g/mol. The molecule has 1 aliphatic carbocycles. The van der Waals surface area contributed by atoms with Crippen LogP contribution in [0.4, 0.5) is 4.79 Å². The van der Waals surface area contributed by atoms with Gasteiger partial charge in [-0.25, -0.2) is 4.79 Å². The molecule has 1 saturated heterocycles. The molecule has 0 aromatic heterocycles. The van der Waals surface area contributed by atoms with Gasteiger partial charge < -0.3 is 10.1 Å². The molecule has 1 aliphatic heterocycles. The molecular formula is C18H21BrN2O4. The fourth-order valence-corrected chi connectivity index (χ4v) is 4.05. The van der Waals surface area contributed by atoms with Crippen LogP contribution in [0, 0.1) is 5.92 Å². The molecule has 25 heavy (non-hydrogen) atoms. The van der Waals surface area contributed by atoms with Crippen molar-refractivity contribution in [1.29, 1.82) is 0 Å². The Kier molecular flexibility index (Phi) is 5.13. The molecule has 1 aromatic carbocycles. The first-order chi connectivity index (χ1) is 11.9. The van der Waals surface area contributed by atoms with Gasteiger partial charge in [-0.2, -0.15) is 0 Å². The number of carbonyl (C=O) groups is 3. The third-order valence-corrected chi connectivity index (χ3v) is 5.57. The number of amides is 3. The minimum absolute atomic E-state index is 0.0698. The first-order valence-corrected chi connectivity index (χ1v) is 9.26. The van der Waals surface area contributed by atoms with E-state index in [1.54, 1.807) is 0 Å². The molecular weight excluding hydrogens is 388 g/mol. The number of carbonyl (C=O) groups excluding carboxylic acids is 3. The molecule has 7 heteroatoms. The van der Waals surface area contributed by atoms with E-state index in [1.165, 1.54) is 0 Å². The predicted octanol–water partition coefficient (Wildman–Crippen LogP) is 2.99. The number of imide groups is 1. The summed E-state index contributed by atoms with van der Waals surface area (Å²) in [6.45, 7) is 1.73. The van der Waals surface area contributed by atoms with E-state index in [4.69, 9.17) is 4.74 Å². The van der Waals surface area contributed by atoms with Crippen molar-refractivity contribution in [3.63, 3.8) is 0 Å². The number of benzene rings is 1. The number of urea groups is 1. The van der Waals surface area contributed by atoms with E-state index in [-0.39, 0.29) is 25.0 Å². The average molecular weight is 409 g/mol. The van der Waals surface area contributed by atoms with Crippen molar-refractivity contribution in [2.24, 2.45) is 5.92 Å². The van der Waals surface area contributed by atoms with Gasteiger partial charge >= 0.3 is 12.0 Å². The molecule has 2 fully saturated rings. The molecule has 0 unspecified atom stereocenters.